The number of aryl methyl sites for hydroxylation is 2. The van der Waals surface area contributed by atoms with Crippen LogP contribution >= 0.6 is 0 Å². The maximum atomic E-state index is 5.54. The van der Waals surface area contributed by atoms with Gasteiger partial charge in [0, 0.05) is 30.1 Å². The summed E-state index contributed by atoms with van der Waals surface area (Å²) in [5, 5.41) is 9.92. The minimum atomic E-state index is 0.538. The summed E-state index contributed by atoms with van der Waals surface area (Å²) in [5.74, 6) is 1.10. The Bertz CT molecular complexity index is 507. The van der Waals surface area contributed by atoms with Crippen molar-refractivity contribution in [3.05, 3.63) is 35.2 Å². The van der Waals surface area contributed by atoms with E-state index in [1.165, 1.54) is 0 Å². The van der Waals surface area contributed by atoms with Crippen molar-refractivity contribution in [2.24, 2.45) is 0 Å². The molecule has 0 saturated heterocycles. The summed E-state index contributed by atoms with van der Waals surface area (Å²) in [6, 6.07) is 5.69. The van der Waals surface area contributed by atoms with Crippen LogP contribution in [0.15, 0.2) is 18.2 Å². The second-order valence-electron chi connectivity index (χ2n) is 3.92. The molecule has 2 aromatic rings. The number of nitrogens with zero attached hydrogens (tertiary/aromatic N) is 2. The molecule has 2 N–H and O–H groups in total. The lowest BCUT2D eigenvalue weighted by Gasteiger charge is -2.06. The fourth-order valence-corrected chi connectivity index (χ4v) is 1.55. The van der Waals surface area contributed by atoms with Crippen LogP contribution in [-0.4, -0.2) is 22.2 Å². The predicted molar refractivity (Wildman–Crippen MR) is 65.1 cm³/mol. The van der Waals surface area contributed by atoms with Crippen molar-refractivity contribution in [2.75, 3.05) is 7.05 Å². The first-order valence-corrected chi connectivity index (χ1v) is 5.50. The lowest BCUT2D eigenvalue weighted by atomic mass is 10.2. The predicted octanol–water partition coefficient (Wildman–Crippen LogP) is 1.93. The van der Waals surface area contributed by atoms with Crippen molar-refractivity contribution in [2.45, 2.75) is 20.4 Å². The SMILES string of the molecule is CNCc1ccc(Oc2cc(C)[nH]n2)nc1C. The van der Waals surface area contributed by atoms with Gasteiger partial charge in [0.2, 0.25) is 11.8 Å². The van der Waals surface area contributed by atoms with Crippen molar-refractivity contribution >= 4 is 0 Å². The van der Waals surface area contributed by atoms with E-state index in [2.05, 4.69) is 20.5 Å². The summed E-state index contributed by atoms with van der Waals surface area (Å²) < 4.78 is 5.54. The normalized spacial score (nSPS) is 10.5. The van der Waals surface area contributed by atoms with Gasteiger partial charge in [-0.15, -0.1) is 5.10 Å². The van der Waals surface area contributed by atoms with Crippen molar-refractivity contribution in [1.82, 2.24) is 20.5 Å². The number of aromatic amines is 1. The molecule has 0 spiro atoms. The third kappa shape index (κ3) is 2.82. The molecule has 0 unspecified atom stereocenters. The van der Waals surface area contributed by atoms with Gasteiger partial charge in [-0.05, 0) is 26.5 Å². The molecule has 0 aromatic carbocycles. The minimum Gasteiger partial charge on any atom is -0.419 e. The van der Waals surface area contributed by atoms with Gasteiger partial charge in [0.1, 0.15) is 0 Å². The van der Waals surface area contributed by atoms with Crippen LogP contribution < -0.4 is 10.1 Å². The molecule has 0 fully saturated rings. The zero-order chi connectivity index (χ0) is 12.3. The summed E-state index contributed by atoms with van der Waals surface area (Å²) in [5.41, 5.74) is 3.09. The van der Waals surface area contributed by atoms with Gasteiger partial charge in [0.05, 0.1) is 0 Å². The number of H-pyrrole nitrogens is 1. The van der Waals surface area contributed by atoms with Gasteiger partial charge < -0.3 is 10.1 Å². The van der Waals surface area contributed by atoms with Crippen LogP contribution in [0, 0.1) is 13.8 Å². The maximum Gasteiger partial charge on any atom is 0.240 e. The van der Waals surface area contributed by atoms with Crippen LogP contribution in [0.4, 0.5) is 0 Å². The Kier molecular flexibility index (Phi) is 3.39. The lowest BCUT2D eigenvalue weighted by molar-refractivity contribution is 0.441. The summed E-state index contributed by atoms with van der Waals surface area (Å²) in [6.07, 6.45) is 0. The first-order chi connectivity index (χ1) is 8.19. The fraction of sp³-hybridized carbons (Fsp3) is 0.333. The van der Waals surface area contributed by atoms with Crippen molar-refractivity contribution < 1.29 is 4.74 Å². The molecule has 0 bridgehead atoms. The minimum absolute atomic E-state index is 0.538. The Balaban J connectivity index is 2.14. The van der Waals surface area contributed by atoms with E-state index < -0.39 is 0 Å². The van der Waals surface area contributed by atoms with Gasteiger partial charge >= 0.3 is 0 Å². The summed E-state index contributed by atoms with van der Waals surface area (Å²) >= 11 is 0. The molecule has 0 amide bonds. The fourth-order valence-electron chi connectivity index (χ4n) is 1.55. The van der Waals surface area contributed by atoms with E-state index in [-0.39, 0.29) is 0 Å². The van der Waals surface area contributed by atoms with Crippen LogP contribution in [0.3, 0.4) is 0 Å². The molecular weight excluding hydrogens is 216 g/mol. The number of nitrogens with one attached hydrogen (secondary N) is 2. The third-order valence-corrected chi connectivity index (χ3v) is 2.43. The highest BCUT2D eigenvalue weighted by Gasteiger charge is 2.05. The quantitative estimate of drug-likeness (QED) is 0.845. The molecule has 2 rings (SSSR count). The van der Waals surface area contributed by atoms with E-state index in [9.17, 15) is 0 Å². The Morgan fingerprint density at radius 3 is 2.71 bits per heavy atom. The largest absolute Gasteiger partial charge is 0.419 e. The van der Waals surface area contributed by atoms with Crippen LogP contribution in [0.25, 0.3) is 0 Å². The second kappa shape index (κ2) is 4.97. The average Bonchev–Trinajstić information content (AvgIpc) is 2.68. The number of pyridine rings is 1. The number of aromatic nitrogens is 3. The van der Waals surface area contributed by atoms with E-state index in [0.29, 0.717) is 11.8 Å². The molecule has 0 atom stereocenters. The lowest BCUT2D eigenvalue weighted by Crippen LogP contribution is -2.07. The summed E-state index contributed by atoms with van der Waals surface area (Å²) in [4.78, 5) is 4.38. The van der Waals surface area contributed by atoms with Crippen molar-refractivity contribution in [3.63, 3.8) is 0 Å². The highest BCUT2D eigenvalue weighted by Crippen LogP contribution is 2.19. The Morgan fingerprint density at radius 2 is 2.12 bits per heavy atom. The van der Waals surface area contributed by atoms with Crippen molar-refractivity contribution in [1.29, 1.82) is 0 Å². The molecule has 5 heteroatoms. The van der Waals surface area contributed by atoms with Gasteiger partial charge in [-0.1, -0.05) is 6.07 Å². The standard InChI is InChI=1S/C12H16N4O/c1-8-6-12(16-15-8)17-11-5-4-10(7-13-3)9(2)14-11/h4-6,13H,7H2,1-3H3,(H,15,16). The Morgan fingerprint density at radius 1 is 1.29 bits per heavy atom. The van der Waals surface area contributed by atoms with Crippen LogP contribution in [0.2, 0.25) is 0 Å². The molecule has 2 aromatic heterocycles. The monoisotopic (exact) mass is 232 g/mol. The van der Waals surface area contributed by atoms with Gasteiger partial charge in [-0.25, -0.2) is 4.98 Å². The van der Waals surface area contributed by atoms with E-state index in [1.807, 2.05) is 39.1 Å². The van der Waals surface area contributed by atoms with E-state index in [4.69, 9.17) is 4.74 Å². The average molecular weight is 232 g/mol. The highest BCUT2D eigenvalue weighted by molar-refractivity contribution is 5.27. The second-order valence-corrected chi connectivity index (χ2v) is 3.92. The molecule has 5 nitrogen and oxygen atoms in total. The molecule has 0 aliphatic rings. The number of hydrogen-bond donors (Lipinski definition) is 2. The molecule has 17 heavy (non-hydrogen) atoms. The molecule has 0 saturated carbocycles. The molecule has 90 valence electrons. The van der Waals surface area contributed by atoms with Gasteiger partial charge in [0.15, 0.2) is 0 Å². The topological polar surface area (TPSA) is 62.8 Å². The summed E-state index contributed by atoms with van der Waals surface area (Å²) in [6.45, 7) is 4.70. The third-order valence-electron chi connectivity index (χ3n) is 2.43. The summed E-state index contributed by atoms with van der Waals surface area (Å²) in [7, 11) is 1.91. The smallest absolute Gasteiger partial charge is 0.240 e. The first kappa shape index (κ1) is 11.6. The van der Waals surface area contributed by atoms with Crippen molar-refractivity contribution in [3.8, 4) is 11.8 Å². The molecular formula is C12H16N4O. The van der Waals surface area contributed by atoms with Gasteiger partial charge in [0.25, 0.3) is 0 Å². The van der Waals surface area contributed by atoms with E-state index in [1.54, 1.807) is 0 Å². The molecule has 2 heterocycles. The van der Waals surface area contributed by atoms with Crippen LogP contribution in [0.1, 0.15) is 17.0 Å². The maximum absolute atomic E-state index is 5.54. The number of hydrogen-bond acceptors (Lipinski definition) is 4. The number of ether oxygens (including phenoxy) is 1. The zero-order valence-electron chi connectivity index (χ0n) is 10.2. The molecule has 0 aliphatic carbocycles. The van der Waals surface area contributed by atoms with Crippen LogP contribution in [-0.2, 0) is 6.54 Å². The Labute approximate surface area is 100 Å². The zero-order valence-corrected chi connectivity index (χ0v) is 10.2. The molecule has 0 radical (unpaired) electrons. The highest BCUT2D eigenvalue weighted by atomic mass is 16.5. The Hall–Kier alpha value is -1.88. The van der Waals surface area contributed by atoms with E-state index in [0.717, 1.165) is 23.5 Å². The van der Waals surface area contributed by atoms with Gasteiger partial charge in [-0.3, -0.25) is 5.10 Å². The van der Waals surface area contributed by atoms with E-state index >= 15 is 0 Å². The first-order valence-electron chi connectivity index (χ1n) is 5.50. The number of rotatable bonds is 4. The molecule has 0 aliphatic heterocycles. The van der Waals surface area contributed by atoms with Crippen LogP contribution in [0.5, 0.6) is 11.8 Å². The van der Waals surface area contributed by atoms with Gasteiger partial charge in [-0.2, -0.15) is 0 Å².